The van der Waals surface area contributed by atoms with Gasteiger partial charge in [0, 0.05) is 0 Å². The molecule has 0 amide bonds. The van der Waals surface area contributed by atoms with Crippen LogP contribution in [0, 0.1) is 0 Å². The Morgan fingerprint density at radius 3 is 1.38 bits per heavy atom. The van der Waals surface area contributed by atoms with Gasteiger partial charge in [-0.25, -0.2) is 0 Å². The van der Waals surface area contributed by atoms with Crippen molar-refractivity contribution in [3.05, 3.63) is 0 Å². The minimum absolute atomic E-state index is 0.956. The molecule has 0 atom stereocenters. The van der Waals surface area contributed by atoms with Crippen LogP contribution in [-0.2, 0) is 6.15 Å². The first-order valence-electron chi connectivity index (χ1n) is 9.46. The SMILES string of the molecule is CCCCCCC[O][Sn]([CH2]CCC)[O]CCCCCCC. The van der Waals surface area contributed by atoms with E-state index in [0.717, 1.165) is 13.2 Å². The molecule has 0 heterocycles. The maximum absolute atomic E-state index is 6.13. The van der Waals surface area contributed by atoms with Gasteiger partial charge in [-0.2, -0.15) is 0 Å². The van der Waals surface area contributed by atoms with Crippen LogP contribution in [0.25, 0.3) is 0 Å². The molecule has 0 saturated heterocycles. The van der Waals surface area contributed by atoms with Gasteiger partial charge in [0.05, 0.1) is 0 Å². The molecule has 0 saturated carbocycles. The molecule has 0 fully saturated rings. The molecule has 0 aliphatic heterocycles. The van der Waals surface area contributed by atoms with E-state index < -0.39 is 20.6 Å². The fraction of sp³-hybridized carbons (Fsp3) is 1.00. The number of rotatable bonds is 17. The quantitative estimate of drug-likeness (QED) is 0.210. The molecule has 1 radical (unpaired) electrons. The first-order chi connectivity index (χ1) is 10.3. The Kier molecular flexibility index (Phi) is 19.4. The summed E-state index contributed by atoms with van der Waals surface area (Å²) in [7, 11) is 0. The van der Waals surface area contributed by atoms with Crippen LogP contribution in [0.5, 0.6) is 0 Å². The zero-order valence-electron chi connectivity index (χ0n) is 14.9. The van der Waals surface area contributed by atoms with Crippen LogP contribution in [0.1, 0.15) is 97.8 Å². The van der Waals surface area contributed by atoms with Crippen molar-refractivity contribution in [1.29, 1.82) is 0 Å². The van der Waals surface area contributed by atoms with Crippen LogP contribution in [0.3, 0.4) is 0 Å². The molecule has 0 aromatic rings. The maximum atomic E-state index is 6.13. The van der Waals surface area contributed by atoms with Crippen molar-refractivity contribution in [2.24, 2.45) is 0 Å². The van der Waals surface area contributed by atoms with Gasteiger partial charge in [0.25, 0.3) is 0 Å². The van der Waals surface area contributed by atoms with Crippen molar-refractivity contribution in [3.63, 3.8) is 0 Å². The van der Waals surface area contributed by atoms with Gasteiger partial charge in [-0.05, 0) is 0 Å². The van der Waals surface area contributed by atoms with Crippen molar-refractivity contribution in [2.75, 3.05) is 13.2 Å². The van der Waals surface area contributed by atoms with E-state index in [0.29, 0.717) is 0 Å². The minimum atomic E-state index is -1.96. The summed E-state index contributed by atoms with van der Waals surface area (Å²) in [6.45, 7) is 8.70. The third-order valence-corrected chi connectivity index (χ3v) is 8.93. The molecule has 0 aromatic carbocycles. The van der Waals surface area contributed by atoms with E-state index in [-0.39, 0.29) is 0 Å². The third-order valence-electron chi connectivity index (χ3n) is 3.76. The predicted octanol–water partition coefficient (Wildman–Crippen LogP) is 6.25. The van der Waals surface area contributed by atoms with Crippen LogP contribution in [-0.4, -0.2) is 33.8 Å². The standard InChI is InChI=1S/2C7H15O.C4H9.Sn/c2*1-2-3-4-5-6-7-8;1-3-4-2;/h2*2-7H2,1H3;1,3-4H2,2H3;/q2*-1;;+2. The Morgan fingerprint density at radius 2 is 0.952 bits per heavy atom. The van der Waals surface area contributed by atoms with Gasteiger partial charge < -0.3 is 0 Å². The molecule has 0 bridgehead atoms. The summed E-state index contributed by atoms with van der Waals surface area (Å²) in [5.41, 5.74) is 0. The van der Waals surface area contributed by atoms with E-state index in [1.165, 1.54) is 81.5 Å². The Balaban J connectivity index is 3.56. The van der Waals surface area contributed by atoms with Gasteiger partial charge in [0.15, 0.2) is 0 Å². The Labute approximate surface area is 142 Å². The molecule has 3 heteroatoms. The van der Waals surface area contributed by atoms with Crippen molar-refractivity contribution >= 4 is 20.6 Å². The van der Waals surface area contributed by atoms with E-state index in [1.807, 2.05) is 0 Å². The summed E-state index contributed by atoms with van der Waals surface area (Å²) in [4.78, 5) is 0. The normalized spacial score (nSPS) is 11.4. The molecule has 0 aromatic heterocycles. The van der Waals surface area contributed by atoms with Crippen molar-refractivity contribution < 1.29 is 6.15 Å². The van der Waals surface area contributed by atoms with Crippen molar-refractivity contribution in [1.82, 2.24) is 0 Å². The second kappa shape index (κ2) is 18.8. The summed E-state index contributed by atoms with van der Waals surface area (Å²) in [5, 5.41) is 0. The van der Waals surface area contributed by atoms with Crippen LogP contribution in [0.2, 0.25) is 4.44 Å². The van der Waals surface area contributed by atoms with Gasteiger partial charge in [-0.15, -0.1) is 0 Å². The summed E-state index contributed by atoms with van der Waals surface area (Å²) >= 11 is -1.96. The van der Waals surface area contributed by atoms with Crippen LogP contribution in [0.4, 0.5) is 0 Å². The van der Waals surface area contributed by atoms with Crippen LogP contribution < -0.4 is 0 Å². The predicted molar refractivity (Wildman–Crippen MR) is 94.9 cm³/mol. The molecular formula is C18H39O2Sn. The molecule has 127 valence electrons. The average Bonchev–Trinajstić information content (AvgIpc) is 2.50. The Morgan fingerprint density at radius 1 is 0.524 bits per heavy atom. The molecular weight excluding hydrogens is 367 g/mol. The molecule has 0 N–H and O–H groups in total. The second-order valence-corrected chi connectivity index (χ2v) is 11.2. The van der Waals surface area contributed by atoms with Crippen molar-refractivity contribution in [3.8, 4) is 0 Å². The monoisotopic (exact) mass is 407 g/mol. The zero-order valence-corrected chi connectivity index (χ0v) is 17.8. The number of hydrogen-bond donors (Lipinski definition) is 0. The molecule has 0 aliphatic rings. The van der Waals surface area contributed by atoms with E-state index >= 15 is 0 Å². The zero-order chi connectivity index (χ0) is 15.6. The number of unbranched alkanes of at least 4 members (excludes halogenated alkanes) is 9. The molecule has 21 heavy (non-hydrogen) atoms. The molecule has 0 spiro atoms. The van der Waals surface area contributed by atoms with E-state index in [9.17, 15) is 0 Å². The first kappa shape index (κ1) is 21.7. The van der Waals surface area contributed by atoms with E-state index in [2.05, 4.69) is 20.8 Å². The van der Waals surface area contributed by atoms with Gasteiger partial charge >= 0.3 is 142 Å². The topological polar surface area (TPSA) is 18.5 Å². The second-order valence-electron chi connectivity index (χ2n) is 6.00. The summed E-state index contributed by atoms with van der Waals surface area (Å²) in [5.74, 6) is 0. The summed E-state index contributed by atoms with van der Waals surface area (Å²) < 4.78 is 13.5. The van der Waals surface area contributed by atoms with Crippen molar-refractivity contribution in [2.45, 2.75) is 102 Å². The third kappa shape index (κ3) is 16.9. The Hall–Kier alpha value is 0.719. The van der Waals surface area contributed by atoms with Gasteiger partial charge in [0.1, 0.15) is 0 Å². The molecule has 2 nitrogen and oxygen atoms in total. The first-order valence-corrected chi connectivity index (χ1v) is 13.8. The van der Waals surface area contributed by atoms with Crippen LogP contribution >= 0.6 is 0 Å². The van der Waals surface area contributed by atoms with Crippen LogP contribution in [0.15, 0.2) is 0 Å². The molecule has 0 unspecified atom stereocenters. The van der Waals surface area contributed by atoms with E-state index in [4.69, 9.17) is 6.15 Å². The van der Waals surface area contributed by atoms with E-state index in [1.54, 1.807) is 0 Å². The summed E-state index contributed by atoms with van der Waals surface area (Å²) in [6.07, 6.45) is 15.8. The van der Waals surface area contributed by atoms with Gasteiger partial charge in [-0.3, -0.25) is 0 Å². The van der Waals surface area contributed by atoms with Gasteiger partial charge in [0.2, 0.25) is 0 Å². The summed E-state index contributed by atoms with van der Waals surface area (Å²) in [6, 6.07) is 0. The Bertz CT molecular complexity index is 172. The fourth-order valence-electron chi connectivity index (χ4n) is 2.29. The average molecular weight is 406 g/mol. The molecule has 0 rings (SSSR count). The molecule has 0 aliphatic carbocycles. The fourth-order valence-corrected chi connectivity index (χ4v) is 7.31. The number of hydrogen-bond acceptors (Lipinski definition) is 2. The van der Waals surface area contributed by atoms with Gasteiger partial charge in [-0.1, -0.05) is 0 Å².